The summed E-state index contributed by atoms with van der Waals surface area (Å²) in [6, 6.07) is 26.6. The van der Waals surface area contributed by atoms with Gasteiger partial charge in [0.1, 0.15) is 0 Å². The zero-order chi connectivity index (χ0) is 13.8. The summed E-state index contributed by atoms with van der Waals surface area (Å²) in [6.07, 6.45) is 1.06. The first-order valence-electron chi connectivity index (χ1n) is 7.43. The molecular formula is C21H14. The molecule has 4 aromatic rings. The Morgan fingerprint density at radius 2 is 1.33 bits per heavy atom. The third kappa shape index (κ3) is 1.45. The first-order chi connectivity index (χ1) is 10.4. The fourth-order valence-corrected chi connectivity index (χ4v) is 3.72. The van der Waals surface area contributed by atoms with Crippen LogP contribution in [0.3, 0.4) is 0 Å². The number of hydrogen-bond acceptors (Lipinski definition) is 0. The molecule has 0 nitrogen and oxygen atoms in total. The van der Waals surface area contributed by atoms with Crippen LogP contribution in [0, 0.1) is 0 Å². The zero-order valence-corrected chi connectivity index (χ0v) is 11.6. The van der Waals surface area contributed by atoms with Gasteiger partial charge >= 0.3 is 0 Å². The minimum Gasteiger partial charge on any atom is -0.0619 e. The Bertz CT molecular complexity index is 1010. The molecule has 0 aliphatic heterocycles. The van der Waals surface area contributed by atoms with Crippen molar-refractivity contribution in [1.29, 1.82) is 0 Å². The highest BCUT2D eigenvalue weighted by atomic mass is 14.2. The van der Waals surface area contributed by atoms with Gasteiger partial charge in [-0.15, -0.1) is 0 Å². The largest absolute Gasteiger partial charge is 0.0619 e. The van der Waals surface area contributed by atoms with Gasteiger partial charge in [-0.25, -0.2) is 0 Å². The van der Waals surface area contributed by atoms with E-state index in [1.54, 1.807) is 0 Å². The molecule has 0 amide bonds. The average Bonchev–Trinajstić information content (AvgIpc) is 2.93. The smallest absolute Gasteiger partial charge is 0.00132 e. The minimum absolute atomic E-state index is 1.06. The quantitative estimate of drug-likeness (QED) is 0.322. The topological polar surface area (TPSA) is 0 Å². The summed E-state index contributed by atoms with van der Waals surface area (Å²) in [5.74, 6) is 0. The highest BCUT2D eigenvalue weighted by Crippen LogP contribution is 2.43. The van der Waals surface area contributed by atoms with Crippen LogP contribution in [0.5, 0.6) is 0 Å². The maximum Gasteiger partial charge on any atom is -0.00132 e. The van der Waals surface area contributed by atoms with E-state index in [2.05, 4.69) is 72.8 Å². The molecule has 0 radical (unpaired) electrons. The van der Waals surface area contributed by atoms with Gasteiger partial charge in [-0.05, 0) is 50.2 Å². The fraction of sp³-hybridized carbons (Fsp3) is 0.0476. The Morgan fingerprint density at radius 3 is 2.33 bits per heavy atom. The van der Waals surface area contributed by atoms with Crippen molar-refractivity contribution in [1.82, 2.24) is 0 Å². The molecule has 0 saturated carbocycles. The molecule has 0 unspecified atom stereocenters. The number of fused-ring (bicyclic) bond motifs is 7. The lowest BCUT2D eigenvalue weighted by molar-refractivity contribution is 1.27. The van der Waals surface area contributed by atoms with Crippen LogP contribution in [-0.2, 0) is 6.42 Å². The van der Waals surface area contributed by atoms with E-state index in [-0.39, 0.29) is 0 Å². The standard InChI is InChI=1S/C21H14/c1-3-7-18-14(5-1)9-10-15-11-12-17-13-16-6-2-4-8-19(16)21(17)20(15)18/h1-12H,13H2. The highest BCUT2D eigenvalue weighted by Gasteiger charge is 2.20. The van der Waals surface area contributed by atoms with Gasteiger partial charge in [0, 0.05) is 0 Å². The molecule has 1 aliphatic rings. The second-order valence-electron chi connectivity index (χ2n) is 5.82. The molecule has 0 bridgehead atoms. The molecule has 0 N–H and O–H groups in total. The van der Waals surface area contributed by atoms with Gasteiger partial charge in [-0.2, -0.15) is 0 Å². The Labute approximate surface area is 123 Å². The van der Waals surface area contributed by atoms with Crippen molar-refractivity contribution in [3.63, 3.8) is 0 Å². The van der Waals surface area contributed by atoms with E-state index >= 15 is 0 Å². The van der Waals surface area contributed by atoms with Gasteiger partial charge in [0.25, 0.3) is 0 Å². The average molecular weight is 266 g/mol. The predicted molar refractivity (Wildman–Crippen MR) is 89.7 cm³/mol. The van der Waals surface area contributed by atoms with Crippen LogP contribution in [0.15, 0.2) is 72.8 Å². The summed E-state index contributed by atoms with van der Waals surface area (Å²) in [4.78, 5) is 0. The second-order valence-corrected chi connectivity index (χ2v) is 5.82. The van der Waals surface area contributed by atoms with E-state index in [0.29, 0.717) is 0 Å². The van der Waals surface area contributed by atoms with Crippen molar-refractivity contribution in [2.75, 3.05) is 0 Å². The molecule has 0 aromatic heterocycles. The normalized spacial score (nSPS) is 12.6. The monoisotopic (exact) mass is 266 g/mol. The molecule has 0 heterocycles. The van der Waals surface area contributed by atoms with Crippen LogP contribution < -0.4 is 0 Å². The highest BCUT2D eigenvalue weighted by molar-refractivity contribution is 6.16. The van der Waals surface area contributed by atoms with E-state index in [0.717, 1.165) is 6.42 Å². The lowest BCUT2D eigenvalue weighted by atomic mass is 9.93. The zero-order valence-electron chi connectivity index (χ0n) is 11.6. The van der Waals surface area contributed by atoms with Gasteiger partial charge in [0.05, 0.1) is 0 Å². The SMILES string of the molecule is c1ccc2c(c1)Cc1ccc3ccc4ccccc4c3c1-2. The lowest BCUT2D eigenvalue weighted by Crippen LogP contribution is -1.84. The van der Waals surface area contributed by atoms with Crippen molar-refractivity contribution in [2.45, 2.75) is 6.42 Å². The van der Waals surface area contributed by atoms with E-state index in [1.807, 2.05) is 0 Å². The molecule has 0 atom stereocenters. The van der Waals surface area contributed by atoms with E-state index < -0.39 is 0 Å². The van der Waals surface area contributed by atoms with E-state index in [1.165, 1.54) is 43.8 Å². The predicted octanol–water partition coefficient (Wildman–Crippen LogP) is 5.56. The van der Waals surface area contributed by atoms with Crippen molar-refractivity contribution >= 4 is 21.5 Å². The molecule has 0 heteroatoms. The molecule has 1 aliphatic carbocycles. The Kier molecular flexibility index (Phi) is 2.09. The Morgan fingerprint density at radius 1 is 0.571 bits per heavy atom. The summed E-state index contributed by atoms with van der Waals surface area (Å²) >= 11 is 0. The summed E-state index contributed by atoms with van der Waals surface area (Å²) < 4.78 is 0. The third-order valence-electron chi connectivity index (χ3n) is 4.66. The maximum absolute atomic E-state index is 2.30. The summed E-state index contributed by atoms with van der Waals surface area (Å²) in [5.41, 5.74) is 5.77. The molecule has 98 valence electrons. The van der Waals surface area contributed by atoms with Crippen LogP contribution >= 0.6 is 0 Å². The molecular weight excluding hydrogens is 252 g/mol. The lowest BCUT2D eigenvalue weighted by Gasteiger charge is -2.10. The third-order valence-corrected chi connectivity index (χ3v) is 4.66. The molecule has 5 rings (SSSR count). The van der Waals surface area contributed by atoms with Crippen molar-refractivity contribution in [2.24, 2.45) is 0 Å². The second kappa shape index (κ2) is 3.95. The van der Waals surface area contributed by atoms with E-state index in [4.69, 9.17) is 0 Å². The first-order valence-corrected chi connectivity index (χ1v) is 7.43. The van der Waals surface area contributed by atoms with Crippen molar-refractivity contribution in [3.05, 3.63) is 83.9 Å². The fourth-order valence-electron chi connectivity index (χ4n) is 3.72. The van der Waals surface area contributed by atoms with Crippen LogP contribution in [0.1, 0.15) is 11.1 Å². The molecule has 0 spiro atoms. The van der Waals surface area contributed by atoms with Crippen molar-refractivity contribution in [3.8, 4) is 11.1 Å². The van der Waals surface area contributed by atoms with Gasteiger partial charge in [0.15, 0.2) is 0 Å². The minimum atomic E-state index is 1.06. The van der Waals surface area contributed by atoms with Gasteiger partial charge in [-0.1, -0.05) is 72.8 Å². The van der Waals surface area contributed by atoms with Gasteiger partial charge < -0.3 is 0 Å². The number of benzene rings is 4. The molecule has 0 saturated heterocycles. The van der Waals surface area contributed by atoms with Crippen LogP contribution in [-0.4, -0.2) is 0 Å². The van der Waals surface area contributed by atoms with Crippen LogP contribution in [0.4, 0.5) is 0 Å². The summed E-state index contributed by atoms with van der Waals surface area (Å²) in [7, 11) is 0. The Balaban J connectivity index is 2.04. The summed E-state index contributed by atoms with van der Waals surface area (Å²) in [5, 5.41) is 5.44. The maximum atomic E-state index is 2.30. The molecule has 21 heavy (non-hydrogen) atoms. The first kappa shape index (κ1) is 11.1. The van der Waals surface area contributed by atoms with Gasteiger partial charge in [0.2, 0.25) is 0 Å². The van der Waals surface area contributed by atoms with Crippen molar-refractivity contribution < 1.29 is 0 Å². The molecule has 0 fully saturated rings. The van der Waals surface area contributed by atoms with Gasteiger partial charge in [-0.3, -0.25) is 0 Å². The summed E-state index contributed by atoms with van der Waals surface area (Å²) in [6.45, 7) is 0. The Hall–Kier alpha value is -2.60. The number of hydrogen-bond donors (Lipinski definition) is 0. The molecule has 4 aromatic carbocycles. The van der Waals surface area contributed by atoms with Crippen LogP contribution in [0.2, 0.25) is 0 Å². The number of rotatable bonds is 0. The van der Waals surface area contributed by atoms with Crippen LogP contribution in [0.25, 0.3) is 32.7 Å². The van der Waals surface area contributed by atoms with E-state index in [9.17, 15) is 0 Å².